The summed E-state index contributed by atoms with van der Waals surface area (Å²) in [5, 5.41) is 15.5. The quantitative estimate of drug-likeness (QED) is 0.336. The Morgan fingerprint density at radius 1 is 1.47 bits per heavy atom. The Hall–Kier alpha value is -2.22. The van der Waals surface area contributed by atoms with Crippen LogP contribution in [0.2, 0.25) is 0 Å². The molecule has 1 aromatic carbocycles. The molecule has 0 bridgehead atoms. The van der Waals surface area contributed by atoms with Crippen molar-refractivity contribution in [1.82, 2.24) is 5.32 Å². The summed E-state index contributed by atoms with van der Waals surface area (Å²) in [6.45, 7) is 3.53. The van der Waals surface area contributed by atoms with Crippen LogP contribution in [-0.2, 0) is 0 Å². The van der Waals surface area contributed by atoms with Crippen LogP contribution in [0.25, 0.3) is 10.4 Å². The maximum absolute atomic E-state index is 9.10. The average molecular weight is 259 g/mol. The molecular weight excluding hydrogens is 242 g/mol. The number of rotatable bonds is 8. The molecule has 0 aliphatic rings. The van der Waals surface area contributed by atoms with Crippen molar-refractivity contribution >= 4 is 0 Å². The van der Waals surface area contributed by atoms with Gasteiger partial charge in [0, 0.05) is 18.0 Å². The fourth-order valence-electron chi connectivity index (χ4n) is 1.52. The molecule has 6 heteroatoms. The Labute approximate surface area is 112 Å². The van der Waals surface area contributed by atoms with Crippen LogP contribution in [0.5, 0.6) is 5.75 Å². The molecule has 0 saturated carbocycles. The fraction of sp³-hybridized carbons (Fsp3) is 0.462. The molecule has 0 amide bonds. The predicted octanol–water partition coefficient (Wildman–Crippen LogP) is 2.94. The first kappa shape index (κ1) is 14.8. The SMILES string of the molecule is CCCOc1ccc(C(C#N)NCCN=[N+]=[N-])cc1. The van der Waals surface area contributed by atoms with Crippen molar-refractivity contribution in [2.75, 3.05) is 19.7 Å². The van der Waals surface area contributed by atoms with Crippen molar-refractivity contribution in [3.05, 3.63) is 40.3 Å². The third kappa shape index (κ3) is 5.30. The largest absolute Gasteiger partial charge is 0.494 e. The lowest BCUT2D eigenvalue weighted by Gasteiger charge is -2.11. The van der Waals surface area contributed by atoms with Gasteiger partial charge in [-0.2, -0.15) is 5.26 Å². The van der Waals surface area contributed by atoms with E-state index in [1.807, 2.05) is 31.2 Å². The zero-order valence-corrected chi connectivity index (χ0v) is 10.9. The maximum Gasteiger partial charge on any atom is 0.121 e. The second-order valence-electron chi connectivity index (χ2n) is 3.89. The number of nitrogens with zero attached hydrogens (tertiary/aromatic N) is 4. The topological polar surface area (TPSA) is 93.8 Å². The van der Waals surface area contributed by atoms with Crippen molar-refractivity contribution in [2.45, 2.75) is 19.4 Å². The van der Waals surface area contributed by atoms with Gasteiger partial charge in [0.15, 0.2) is 0 Å². The van der Waals surface area contributed by atoms with Crippen LogP contribution in [0.4, 0.5) is 0 Å². The van der Waals surface area contributed by atoms with Gasteiger partial charge in [0.1, 0.15) is 11.8 Å². The molecule has 1 unspecified atom stereocenters. The molecule has 0 saturated heterocycles. The van der Waals surface area contributed by atoms with Crippen molar-refractivity contribution in [1.29, 1.82) is 5.26 Å². The third-order valence-electron chi connectivity index (χ3n) is 2.44. The molecule has 1 atom stereocenters. The van der Waals surface area contributed by atoms with E-state index in [1.165, 1.54) is 0 Å². The second-order valence-corrected chi connectivity index (χ2v) is 3.89. The summed E-state index contributed by atoms with van der Waals surface area (Å²) in [5.74, 6) is 0.802. The van der Waals surface area contributed by atoms with Gasteiger partial charge < -0.3 is 4.74 Å². The number of hydrogen-bond acceptors (Lipinski definition) is 4. The molecule has 1 N–H and O–H groups in total. The molecule has 0 spiro atoms. The van der Waals surface area contributed by atoms with E-state index in [9.17, 15) is 0 Å². The molecule has 1 aromatic rings. The molecule has 6 nitrogen and oxygen atoms in total. The number of benzene rings is 1. The predicted molar refractivity (Wildman–Crippen MR) is 72.6 cm³/mol. The molecule has 19 heavy (non-hydrogen) atoms. The molecule has 0 aliphatic carbocycles. The van der Waals surface area contributed by atoms with E-state index < -0.39 is 6.04 Å². The Bertz CT molecular complexity index is 459. The van der Waals surface area contributed by atoms with Crippen molar-refractivity contribution < 1.29 is 4.74 Å². The van der Waals surface area contributed by atoms with Crippen LogP contribution in [0.3, 0.4) is 0 Å². The average Bonchev–Trinajstić information content (AvgIpc) is 2.46. The minimum Gasteiger partial charge on any atom is -0.494 e. The summed E-state index contributed by atoms with van der Waals surface area (Å²) in [5.41, 5.74) is 9.03. The lowest BCUT2D eigenvalue weighted by Crippen LogP contribution is -2.22. The zero-order valence-electron chi connectivity index (χ0n) is 10.9. The number of ether oxygens (including phenoxy) is 1. The Morgan fingerprint density at radius 3 is 2.79 bits per heavy atom. The lowest BCUT2D eigenvalue weighted by molar-refractivity contribution is 0.317. The van der Waals surface area contributed by atoms with Crippen LogP contribution in [0, 0.1) is 11.3 Å². The number of nitriles is 1. The van der Waals surface area contributed by atoms with Crippen LogP contribution in [0.15, 0.2) is 29.4 Å². The molecular formula is C13H17N5O. The van der Waals surface area contributed by atoms with E-state index in [2.05, 4.69) is 21.4 Å². The van der Waals surface area contributed by atoms with E-state index >= 15 is 0 Å². The molecule has 1 rings (SSSR count). The first-order valence-corrected chi connectivity index (χ1v) is 6.18. The van der Waals surface area contributed by atoms with Gasteiger partial charge in [-0.25, -0.2) is 0 Å². The first-order chi connectivity index (χ1) is 9.31. The smallest absolute Gasteiger partial charge is 0.121 e. The Balaban J connectivity index is 2.56. The number of azide groups is 1. The summed E-state index contributed by atoms with van der Waals surface area (Å²) in [6.07, 6.45) is 0.962. The number of nitrogens with one attached hydrogen (secondary N) is 1. The standard InChI is InChI=1S/C13H17N5O/c1-2-9-19-12-5-3-11(4-6-12)13(10-14)16-7-8-17-18-15/h3-6,13,16H,2,7-9H2,1H3. The Kier molecular flexibility index (Phi) is 6.88. The summed E-state index contributed by atoms with van der Waals surface area (Å²) < 4.78 is 5.48. The van der Waals surface area contributed by atoms with Crippen molar-refractivity contribution in [3.63, 3.8) is 0 Å². The molecule has 0 radical (unpaired) electrons. The van der Waals surface area contributed by atoms with Gasteiger partial charge in [0.05, 0.1) is 12.7 Å². The van der Waals surface area contributed by atoms with Gasteiger partial charge in [-0.15, -0.1) is 0 Å². The maximum atomic E-state index is 9.10. The van der Waals surface area contributed by atoms with Crippen LogP contribution >= 0.6 is 0 Å². The van der Waals surface area contributed by atoms with E-state index in [1.54, 1.807) is 0 Å². The third-order valence-corrected chi connectivity index (χ3v) is 2.44. The van der Waals surface area contributed by atoms with E-state index in [-0.39, 0.29) is 0 Å². The highest BCUT2D eigenvalue weighted by Gasteiger charge is 2.08. The van der Waals surface area contributed by atoms with Gasteiger partial charge in [-0.1, -0.05) is 24.2 Å². The van der Waals surface area contributed by atoms with Crippen LogP contribution in [0.1, 0.15) is 24.9 Å². The minimum atomic E-state index is -0.408. The highest BCUT2D eigenvalue weighted by molar-refractivity contribution is 5.31. The molecule has 0 heterocycles. The van der Waals surface area contributed by atoms with Crippen molar-refractivity contribution in [3.8, 4) is 11.8 Å². The normalized spacial score (nSPS) is 11.2. The second kappa shape index (κ2) is 8.81. The van der Waals surface area contributed by atoms with E-state index in [4.69, 9.17) is 15.5 Å². The first-order valence-electron chi connectivity index (χ1n) is 6.18. The van der Waals surface area contributed by atoms with Crippen LogP contribution < -0.4 is 10.1 Å². The highest BCUT2D eigenvalue weighted by Crippen LogP contribution is 2.17. The van der Waals surface area contributed by atoms with E-state index in [0.717, 1.165) is 17.7 Å². The van der Waals surface area contributed by atoms with Gasteiger partial charge in [-0.05, 0) is 29.6 Å². The van der Waals surface area contributed by atoms with Gasteiger partial charge in [0.2, 0.25) is 0 Å². The minimum absolute atomic E-state index is 0.326. The molecule has 0 fully saturated rings. The number of hydrogen-bond donors (Lipinski definition) is 1. The fourth-order valence-corrected chi connectivity index (χ4v) is 1.52. The lowest BCUT2D eigenvalue weighted by atomic mass is 10.1. The molecule has 0 aliphatic heterocycles. The zero-order chi connectivity index (χ0) is 13.9. The Morgan fingerprint density at radius 2 is 2.21 bits per heavy atom. The molecule has 100 valence electrons. The molecule has 0 aromatic heterocycles. The summed E-state index contributed by atoms with van der Waals surface area (Å²) >= 11 is 0. The summed E-state index contributed by atoms with van der Waals surface area (Å²) in [7, 11) is 0. The van der Waals surface area contributed by atoms with E-state index in [0.29, 0.717) is 19.7 Å². The van der Waals surface area contributed by atoms with Gasteiger partial charge in [-0.3, -0.25) is 5.32 Å². The van der Waals surface area contributed by atoms with Gasteiger partial charge in [0.25, 0.3) is 0 Å². The summed E-state index contributed by atoms with van der Waals surface area (Å²) in [4.78, 5) is 2.66. The van der Waals surface area contributed by atoms with Crippen molar-refractivity contribution in [2.24, 2.45) is 5.11 Å². The summed E-state index contributed by atoms with van der Waals surface area (Å²) in [6, 6.07) is 9.19. The highest BCUT2D eigenvalue weighted by atomic mass is 16.5. The van der Waals surface area contributed by atoms with Gasteiger partial charge >= 0.3 is 0 Å². The van der Waals surface area contributed by atoms with Crippen LogP contribution in [-0.4, -0.2) is 19.7 Å². The monoisotopic (exact) mass is 259 g/mol.